The van der Waals surface area contributed by atoms with E-state index in [-0.39, 0.29) is 11.3 Å². The van der Waals surface area contributed by atoms with Gasteiger partial charge in [0.2, 0.25) is 5.91 Å². The van der Waals surface area contributed by atoms with E-state index >= 15 is 0 Å². The zero-order valence-corrected chi connectivity index (χ0v) is 14.3. The molecule has 0 radical (unpaired) electrons. The third-order valence-corrected chi connectivity index (χ3v) is 2.46. The first-order valence-corrected chi connectivity index (χ1v) is 7.26. The van der Waals surface area contributed by atoms with Crippen molar-refractivity contribution >= 4 is 23.2 Å². The summed E-state index contributed by atoms with van der Waals surface area (Å²) in [6.45, 7) is 15.8. The SMILES string of the molecule is CC.CC.CC(=O)Nc1ccc(C(C)(C)C)cc1Cl. The molecule has 0 fully saturated rings. The molecule has 110 valence electrons. The highest BCUT2D eigenvalue weighted by atomic mass is 35.5. The summed E-state index contributed by atoms with van der Waals surface area (Å²) in [4.78, 5) is 10.9. The van der Waals surface area contributed by atoms with Crippen molar-refractivity contribution in [3.05, 3.63) is 28.8 Å². The summed E-state index contributed by atoms with van der Waals surface area (Å²) in [6, 6.07) is 5.72. The van der Waals surface area contributed by atoms with Crippen LogP contribution in [0.15, 0.2) is 18.2 Å². The lowest BCUT2D eigenvalue weighted by molar-refractivity contribution is -0.114. The molecule has 0 aromatic heterocycles. The average molecular weight is 286 g/mol. The molecule has 2 nitrogen and oxygen atoms in total. The van der Waals surface area contributed by atoms with Gasteiger partial charge in [0.1, 0.15) is 0 Å². The fourth-order valence-electron chi connectivity index (χ4n) is 1.27. The standard InChI is InChI=1S/C12H16ClNO.2C2H6/c1-8(15)14-11-6-5-9(7-10(11)13)12(2,3)4;2*1-2/h5-7H,1-4H3,(H,14,15);2*1-2H3. The first kappa shape index (κ1) is 20.3. The van der Waals surface area contributed by atoms with Crippen LogP contribution in [0.5, 0.6) is 0 Å². The van der Waals surface area contributed by atoms with Crippen molar-refractivity contribution in [1.82, 2.24) is 0 Å². The second-order valence-electron chi connectivity index (χ2n) is 4.63. The molecule has 0 spiro atoms. The van der Waals surface area contributed by atoms with Gasteiger partial charge >= 0.3 is 0 Å². The Morgan fingerprint density at radius 2 is 1.58 bits per heavy atom. The Hall–Kier alpha value is -1.02. The summed E-state index contributed by atoms with van der Waals surface area (Å²) in [5.41, 5.74) is 1.89. The van der Waals surface area contributed by atoms with Crippen LogP contribution in [0.4, 0.5) is 5.69 Å². The van der Waals surface area contributed by atoms with Gasteiger partial charge in [-0.1, -0.05) is 66.1 Å². The summed E-state index contributed by atoms with van der Waals surface area (Å²) >= 11 is 6.06. The molecule has 1 N–H and O–H groups in total. The van der Waals surface area contributed by atoms with Crippen molar-refractivity contribution in [3.63, 3.8) is 0 Å². The molecule has 19 heavy (non-hydrogen) atoms. The smallest absolute Gasteiger partial charge is 0.221 e. The van der Waals surface area contributed by atoms with E-state index in [0.717, 1.165) is 5.56 Å². The Bertz CT molecular complexity index is 381. The van der Waals surface area contributed by atoms with Gasteiger partial charge in [-0.15, -0.1) is 0 Å². The lowest BCUT2D eigenvalue weighted by Gasteiger charge is -2.20. The number of anilines is 1. The van der Waals surface area contributed by atoms with Crippen LogP contribution in [0.2, 0.25) is 5.02 Å². The Balaban J connectivity index is 0. The lowest BCUT2D eigenvalue weighted by atomic mass is 9.87. The molecular weight excluding hydrogens is 258 g/mol. The van der Waals surface area contributed by atoms with Gasteiger partial charge in [0.15, 0.2) is 0 Å². The average Bonchev–Trinajstić information content (AvgIpc) is 2.35. The van der Waals surface area contributed by atoms with Crippen molar-refractivity contribution < 1.29 is 4.79 Å². The first-order valence-electron chi connectivity index (χ1n) is 6.88. The van der Waals surface area contributed by atoms with Crippen LogP contribution in [-0.2, 0) is 10.2 Å². The lowest BCUT2D eigenvalue weighted by Crippen LogP contribution is -2.12. The number of benzene rings is 1. The highest BCUT2D eigenvalue weighted by Crippen LogP contribution is 2.29. The maximum Gasteiger partial charge on any atom is 0.221 e. The fourth-order valence-corrected chi connectivity index (χ4v) is 1.50. The van der Waals surface area contributed by atoms with E-state index in [4.69, 9.17) is 11.6 Å². The fraction of sp³-hybridized carbons (Fsp3) is 0.562. The Kier molecular flexibility index (Phi) is 10.5. The first-order chi connectivity index (χ1) is 8.80. The molecule has 0 saturated heterocycles. The summed E-state index contributed by atoms with van der Waals surface area (Å²) in [7, 11) is 0. The zero-order valence-electron chi connectivity index (χ0n) is 13.5. The molecule has 1 aromatic carbocycles. The maximum atomic E-state index is 10.9. The Morgan fingerprint density at radius 1 is 1.11 bits per heavy atom. The van der Waals surface area contributed by atoms with Crippen molar-refractivity contribution in [1.29, 1.82) is 0 Å². The van der Waals surface area contributed by atoms with Crippen LogP contribution in [0.1, 0.15) is 61.0 Å². The van der Waals surface area contributed by atoms with Gasteiger partial charge in [-0.2, -0.15) is 0 Å². The molecule has 0 unspecified atom stereocenters. The quantitative estimate of drug-likeness (QED) is 0.710. The second-order valence-corrected chi connectivity index (χ2v) is 5.03. The zero-order chi connectivity index (χ0) is 15.6. The summed E-state index contributed by atoms with van der Waals surface area (Å²) in [6.07, 6.45) is 0. The number of carbonyl (C=O) groups is 1. The number of halogens is 1. The topological polar surface area (TPSA) is 29.1 Å². The minimum atomic E-state index is -0.111. The third-order valence-electron chi connectivity index (χ3n) is 2.15. The maximum absolute atomic E-state index is 10.9. The van der Waals surface area contributed by atoms with Crippen molar-refractivity contribution in [3.8, 4) is 0 Å². The van der Waals surface area contributed by atoms with E-state index in [1.807, 2.05) is 45.9 Å². The predicted octanol–water partition coefficient (Wildman–Crippen LogP) is 5.65. The van der Waals surface area contributed by atoms with E-state index in [9.17, 15) is 4.79 Å². The number of nitrogens with one attached hydrogen (secondary N) is 1. The molecule has 0 aliphatic heterocycles. The number of hydrogen-bond acceptors (Lipinski definition) is 1. The van der Waals surface area contributed by atoms with Gasteiger partial charge < -0.3 is 5.32 Å². The van der Waals surface area contributed by atoms with Crippen molar-refractivity contribution in [2.75, 3.05) is 5.32 Å². The molecule has 3 heteroatoms. The summed E-state index contributed by atoms with van der Waals surface area (Å²) in [5, 5.41) is 3.26. The molecular formula is C16H28ClNO. The predicted molar refractivity (Wildman–Crippen MR) is 87.2 cm³/mol. The van der Waals surface area contributed by atoms with Crippen molar-refractivity contribution in [2.45, 2.75) is 60.8 Å². The molecule has 0 aliphatic rings. The molecule has 1 amide bonds. The van der Waals surface area contributed by atoms with Gasteiger partial charge in [0.05, 0.1) is 10.7 Å². The Morgan fingerprint density at radius 3 is 1.89 bits per heavy atom. The number of hydrogen-bond donors (Lipinski definition) is 1. The number of carbonyl (C=O) groups excluding carboxylic acids is 1. The summed E-state index contributed by atoms with van der Waals surface area (Å²) < 4.78 is 0. The van der Waals surface area contributed by atoms with Crippen LogP contribution in [0.25, 0.3) is 0 Å². The molecule has 1 rings (SSSR count). The molecule has 1 aromatic rings. The van der Waals surface area contributed by atoms with Crippen LogP contribution >= 0.6 is 11.6 Å². The van der Waals surface area contributed by atoms with E-state index in [1.165, 1.54) is 6.92 Å². The van der Waals surface area contributed by atoms with E-state index in [2.05, 4.69) is 26.1 Å². The van der Waals surface area contributed by atoms with E-state index in [0.29, 0.717) is 10.7 Å². The number of amides is 1. The molecule has 0 saturated carbocycles. The van der Waals surface area contributed by atoms with Crippen LogP contribution in [0, 0.1) is 0 Å². The monoisotopic (exact) mass is 285 g/mol. The molecule has 0 aliphatic carbocycles. The summed E-state index contributed by atoms with van der Waals surface area (Å²) in [5.74, 6) is -0.111. The van der Waals surface area contributed by atoms with Gasteiger partial charge in [-0.05, 0) is 23.1 Å². The number of rotatable bonds is 1. The van der Waals surface area contributed by atoms with Gasteiger partial charge in [0.25, 0.3) is 0 Å². The van der Waals surface area contributed by atoms with Crippen molar-refractivity contribution in [2.24, 2.45) is 0 Å². The van der Waals surface area contributed by atoms with Gasteiger partial charge in [-0.3, -0.25) is 4.79 Å². The van der Waals surface area contributed by atoms with Gasteiger partial charge in [-0.25, -0.2) is 0 Å². The van der Waals surface area contributed by atoms with Gasteiger partial charge in [0, 0.05) is 6.92 Å². The second kappa shape index (κ2) is 9.85. The van der Waals surface area contributed by atoms with E-state index in [1.54, 1.807) is 0 Å². The Labute approximate surface area is 123 Å². The molecule has 0 heterocycles. The van der Waals surface area contributed by atoms with Crippen LogP contribution < -0.4 is 5.32 Å². The third kappa shape index (κ3) is 7.89. The van der Waals surface area contributed by atoms with Crippen LogP contribution in [0.3, 0.4) is 0 Å². The minimum absolute atomic E-state index is 0.0679. The van der Waals surface area contributed by atoms with Crippen LogP contribution in [-0.4, -0.2) is 5.91 Å². The highest BCUT2D eigenvalue weighted by Gasteiger charge is 2.15. The largest absolute Gasteiger partial charge is 0.325 e. The normalized spacial score (nSPS) is 9.53. The molecule has 0 atom stereocenters. The minimum Gasteiger partial charge on any atom is -0.325 e. The molecule has 0 bridgehead atoms. The highest BCUT2D eigenvalue weighted by molar-refractivity contribution is 6.33. The van der Waals surface area contributed by atoms with E-state index < -0.39 is 0 Å².